The first-order valence-electron chi connectivity index (χ1n) is 6.97. The monoisotopic (exact) mass is 283 g/mol. The smallest absolute Gasteiger partial charge is 0.189 e. The molecule has 1 rings (SSSR count). The SMILES string of the molecule is CCOCOc1ccc(CNCCOC)cc1OCC. The lowest BCUT2D eigenvalue weighted by Gasteiger charge is -2.13. The van der Waals surface area contributed by atoms with Crippen LogP contribution >= 0.6 is 0 Å². The predicted octanol–water partition coefficient (Wildman–Crippen LogP) is 2.19. The van der Waals surface area contributed by atoms with Crippen molar-refractivity contribution in [2.45, 2.75) is 20.4 Å². The number of rotatable bonds is 11. The number of ether oxygens (including phenoxy) is 4. The maximum Gasteiger partial charge on any atom is 0.189 e. The van der Waals surface area contributed by atoms with E-state index in [9.17, 15) is 0 Å². The minimum Gasteiger partial charge on any atom is -0.490 e. The highest BCUT2D eigenvalue weighted by atomic mass is 16.7. The number of hydrogen-bond donors (Lipinski definition) is 1. The molecule has 20 heavy (non-hydrogen) atoms. The van der Waals surface area contributed by atoms with Crippen LogP contribution in [0.3, 0.4) is 0 Å². The minimum atomic E-state index is 0.238. The fourth-order valence-electron chi connectivity index (χ4n) is 1.65. The minimum absolute atomic E-state index is 0.238. The van der Waals surface area contributed by atoms with Crippen molar-refractivity contribution in [2.75, 3.05) is 40.3 Å². The zero-order chi connectivity index (χ0) is 14.6. The van der Waals surface area contributed by atoms with E-state index < -0.39 is 0 Å². The van der Waals surface area contributed by atoms with Crippen LogP contribution in [0.4, 0.5) is 0 Å². The van der Waals surface area contributed by atoms with Gasteiger partial charge in [-0.05, 0) is 31.5 Å². The molecule has 1 aromatic rings. The van der Waals surface area contributed by atoms with Crippen molar-refractivity contribution in [3.05, 3.63) is 23.8 Å². The molecule has 0 heterocycles. The van der Waals surface area contributed by atoms with Crippen molar-refractivity contribution in [2.24, 2.45) is 0 Å². The Kier molecular flexibility index (Phi) is 8.78. The second kappa shape index (κ2) is 10.5. The molecule has 0 atom stereocenters. The Labute approximate surface area is 121 Å². The van der Waals surface area contributed by atoms with Gasteiger partial charge in [-0.25, -0.2) is 0 Å². The van der Waals surface area contributed by atoms with Crippen LogP contribution in [0.25, 0.3) is 0 Å². The van der Waals surface area contributed by atoms with Crippen LogP contribution in [0.5, 0.6) is 11.5 Å². The molecule has 0 bridgehead atoms. The van der Waals surface area contributed by atoms with Crippen molar-refractivity contribution in [3.8, 4) is 11.5 Å². The van der Waals surface area contributed by atoms with Crippen LogP contribution < -0.4 is 14.8 Å². The second-order valence-corrected chi connectivity index (χ2v) is 4.14. The average Bonchev–Trinajstić information content (AvgIpc) is 2.46. The molecule has 5 heteroatoms. The topological polar surface area (TPSA) is 49.0 Å². The van der Waals surface area contributed by atoms with E-state index in [1.807, 2.05) is 32.0 Å². The third-order valence-corrected chi connectivity index (χ3v) is 2.62. The highest BCUT2D eigenvalue weighted by Crippen LogP contribution is 2.28. The molecule has 0 aliphatic heterocycles. The second-order valence-electron chi connectivity index (χ2n) is 4.14. The fourth-order valence-corrected chi connectivity index (χ4v) is 1.65. The van der Waals surface area contributed by atoms with Crippen molar-refractivity contribution in [1.29, 1.82) is 0 Å². The van der Waals surface area contributed by atoms with E-state index in [1.54, 1.807) is 7.11 Å². The van der Waals surface area contributed by atoms with E-state index in [2.05, 4.69) is 5.32 Å². The molecule has 114 valence electrons. The summed E-state index contributed by atoms with van der Waals surface area (Å²) in [4.78, 5) is 0. The lowest BCUT2D eigenvalue weighted by atomic mass is 10.2. The van der Waals surface area contributed by atoms with Crippen molar-refractivity contribution in [3.63, 3.8) is 0 Å². The third-order valence-electron chi connectivity index (χ3n) is 2.62. The first kappa shape index (κ1) is 16.8. The number of methoxy groups -OCH3 is 1. The highest BCUT2D eigenvalue weighted by molar-refractivity contribution is 5.43. The molecule has 0 radical (unpaired) electrons. The van der Waals surface area contributed by atoms with Gasteiger partial charge in [-0.2, -0.15) is 0 Å². The van der Waals surface area contributed by atoms with Crippen LogP contribution in [0, 0.1) is 0 Å². The van der Waals surface area contributed by atoms with Gasteiger partial charge in [0.15, 0.2) is 18.3 Å². The van der Waals surface area contributed by atoms with Crippen LogP contribution in [-0.4, -0.2) is 40.3 Å². The summed E-state index contributed by atoms with van der Waals surface area (Å²) in [5.74, 6) is 1.46. The molecular formula is C15H25NO4. The molecule has 0 aliphatic carbocycles. The average molecular weight is 283 g/mol. The van der Waals surface area contributed by atoms with Crippen molar-refractivity contribution in [1.82, 2.24) is 5.32 Å². The van der Waals surface area contributed by atoms with Gasteiger partial charge in [-0.3, -0.25) is 0 Å². The van der Waals surface area contributed by atoms with Crippen LogP contribution in [-0.2, 0) is 16.0 Å². The van der Waals surface area contributed by atoms with E-state index in [0.29, 0.717) is 25.6 Å². The van der Waals surface area contributed by atoms with E-state index >= 15 is 0 Å². The largest absolute Gasteiger partial charge is 0.490 e. The molecule has 1 aromatic carbocycles. The summed E-state index contributed by atoms with van der Waals surface area (Å²) in [5.41, 5.74) is 1.15. The zero-order valence-electron chi connectivity index (χ0n) is 12.6. The van der Waals surface area contributed by atoms with Gasteiger partial charge >= 0.3 is 0 Å². The third kappa shape index (κ3) is 6.23. The number of nitrogens with one attached hydrogen (secondary N) is 1. The van der Waals surface area contributed by atoms with Crippen molar-refractivity contribution < 1.29 is 18.9 Å². The van der Waals surface area contributed by atoms with Crippen molar-refractivity contribution >= 4 is 0 Å². The van der Waals surface area contributed by atoms with Gasteiger partial charge in [-0.15, -0.1) is 0 Å². The molecule has 5 nitrogen and oxygen atoms in total. The lowest BCUT2D eigenvalue weighted by Crippen LogP contribution is -2.18. The normalized spacial score (nSPS) is 10.6. The first-order valence-corrected chi connectivity index (χ1v) is 6.97. The van der Waals surface area contributed by atoms with Crippen LogP contribution in [0.2, 0.25) is 0 Å². The molecule has 0 spiro atoms. The summed E-state index contributed by atoms with van der Waals surface area (Å²) in [6, 6.07) is 5.92. The Morgan fingerprint density at radius 1 is 1.05 bits per heavy atom. The van der Waals surface area contributed by atoms with Gasteiger partial charge in [0.1, 0.15) is 0 Å². The molecule has 0 unspecified atom stereocenters. The van der Waals surface area contributed by atoms with E-state index in [4.69, 9.17) is 18.9 Å². The Balaban J connectivity index is 2.58. The summed E-state index contributed by atoms with van der Waals surface area (Å²) in [7, 11) is 1.69. The maximum absolute atomic E-state index is 5.60. The van der Waals surface area contributed by atoms with E-state index in [0.717, 1.165) is 24.4 Å². The van der Waals surface area contributed by atoms with Gasteiger partial charge in [0.25, 0.3) is 0 Å². The number of benzene rings is 1. The van der Waals surface area contributed by atoms with Crippen LogP contribution in [0.1, 0.15) is 19.4 Å². The molecule has 0 fully saturated rings. The summed E-state index contributed by atoms with van der Waals surface area (Å²) in [6.07, 6.45) is 0. The van der Waals surface area contributed by atoms with Gasteiger partial charge in [0.05, 0.1) is 13.2 Å². The van der Waals surface area contributed by atoms with E-state index in [1.165, 1.54) is 0 Å². The zero-order valence-corrected chi connectivity index (χ0v) is 12.6. The Morgan fingerprint density at radius 3 is 2.60 bits per heavy atom. The molecular weight excluding hydrogens is 258 g/mol. The molecule has 0 saturated heterocycles. The summed E-state index contributed by atoms with van der Waals surface area (Å²) in [6.45, 7) is 7.66. The van der Waals surface area contributed by atoms with Gasteiger partial charge in [-0.1, -0.05) is 6.07 Å². The predicted molar refractivity (Wildman–Crippen MR) is 78.3 cm³/mol. The molecule has 0 saturated carbocycles. The Hall–Kier alpha value is -1.30. The summed E-state index contributed by atoms with van der Waals surface area (Å²) in [5, 5.41) is 3.30. The highest BCUT2D eigenvalue weighted by Gasteiger charge is 2.06. The molecule has 1 N–H and O–H groups in total. The van der Waals surface area contributed by atoms with E-state index in [-0.39, 0.29) is 6.79 Å². The number of hydrogen-bond acceptors (Lipinski definition) is 5. The quantitative estimate of drug-likeness (QED) is 0.498. The van der Waals surface area contributed by atoms with Gasteiger partial charge in [0, 0.05) is 26.8 Å². The molecule has 0 aliphatic rings. The van der Waals surface area contributed by atoms with Crippen LogP contribution in [0.15, 0.2) is 18.2 Å². The lowest BCUT2D eigenvalue weighted by molar-refractivity contribution is 0.0206. The summed E-state index contributed by atoms with van der Waals surface area (Å²) >= 11 is 0. The Morgan fingerprint density at radius 2 is 1.90 bits per heavy atom. The molecule has 0 aromatic heterocycles. The fraction of sp³-hybridized carbons (Fsp3) is 0.600. The molecule has 0 amide bonds. The standard InChI is InChI=1S/C15H25NO4/c1-4-18-12-20-14-7-6-13(10-15(14)19-5-2)11-16-8-9-17-3/h6-7,10,16H,4-5,8-9,11-12H2,1-3H3. The Bertz CT molecular complexity index is 371. The van der Waals surface area contributed by atoms with Gasteiger partial charge in [0.2, 0.25) is 0 Å². The van der Waals surface area contributed by atoms with Gasteiger partial charge < -0.3 is 24.3 Å². The summed E-state index contributed by atoms with van der Waals surface area (Å²) < 4.78 is 21.3. The maximum atomic E-state index is 5.60. The first-order chi connectivity index (χ1) is 9.81.